The van der Waals surface area contributed by atoms with Gasteiger partial charge < -0.3 is 14.4 Å². The number of aromatic nitrogens is 1. The van der Waals surface area contributed by atoms with E-state index in [9.17, 15) is 4.79 Å². The van der Waals surface area contributed by atoms with Gasteiger partial charge in [0, 0.05) is 25.2 Å². The summed E-state index contributed by atoms with van der Waals surface area (Å²) in [6, 6.07) is 24.3. The van der Waals surface area contributed by atoms with E-state index in [1.807, 2.05) is 77.5 Å². The number of amides is 1. The van der Waals surface area contributed by atoms with E-state index in [-0.39, 0.29) is 12.0 Å². The van der Waals surface area contributed by atoms with Gasteiger partial charge in [0.05, 0.1) is 32.5 Å². The third kappa shape index (κ3) is 6.40. The zero-order chi connectivity index (χ0) is 23.0. The second-order valence-corrected chi connectivity index (χ2v) is 8.44. The van der Waals surface area contributed by atoms with Crippen LogP contribution in [-0.4, -0.2) is 61.1 Å². The molecule has 0 radical (unpaired) electrons. The van der Waals surface area contributed by atoms with Gasteiger partial charge in [-0.25, -0.2) is 0 Å². The van der Waals surface area contributed by atoms with Crippen LogP contribution in [-0.2, 0) is 22.5 Å². The smallest absolute Gasteiger partial charge is 0.236 e. The average molecular weight is 446 g/mol. The molecule has 2 aromatic carbocycles. The number of carbonyl (C=O) groups is 1. The first kappa shape index (κ1) is 23.0. The molecule has 3 aromatic rings. The van der Waals surface area contributed by atoms with Gasteiger partial charge in [-0.2, -0.15) is 0 Å². The Balaban J connectivity index is 1.35. The highest BCUT2D eigenvalue weighted by molar-refractivity contribution is 5.78. The number of morpholine rings is 1. The Hall–Kier alpha value is -3.22. The summed E-state index contributed by atoms with van der Waals surface area (Å²) in [4.78, 5) is 21.7. The van der Waals surface area contributed by atoms with Crippen LogP contribution in [0.3, 0.4) is 0 Å². The maximum absolute atomic E-state index is 13.0. The molecule has 1 aromatic heterocycles. The van der Waals surface area contributed by atoms with E-state index in [1.54, 1.807) is 7.11 Å². The molecule has 6 nitrogen and oxygen atoms in total. The predicted molar refractivity (Wildman–Crippen MR) is 128 cm³/mol. The van der Waals surface area contributed by atoms with Crippen molar-refractivity contribution in [1.29, 1.82) is 0 Å². The number of methoxy groups -OCH3 is 1. The molecule has 1 unspecified atom stereocenters. The summed E-state index contributed by atoms with van der Waals surface area (Å²) in [5.74, 6) is 0.930. The number of pyridine rings is 1. The molecular weight excluding hydrogens is 414 g/mol. The number of benzene rings is 2. The Kier molecular flexibility index (Phi) is 7.70. The molecule has 1 aliphatic heterocycles. The number of ether oxygens (including phenoxy) is 2. The highest BCUT2D eigenvalue weighted by Crippen LogP contribution is 2.22. The van der Waals surface area contributed by atoms with E-state index >= 15 is 0 Å². The fraction of sp³-hybridized carbons (Fsp3) is 0.333. The second kappa shape index (κ2) is 11.1. The minimum absolute atomic E-state index is 0.106. The van der Waals surface area contributed by atoms with Crippen molar-refractivity contribution in [1.82, 2.24) is 14.8 Å². The van der Waals surface area contributed by atoms with Gasteiger partial charge in [0.1, 0.15) is 11.9 Å². The summed E-state index contributed by atoms with van der Waals surface area (Å²) in [6.07, 6.45) is 0.571. The van der Waals surface area contributed by atoms with E-state index < -0.39 is 0 Å². The minimum Gasteiger partial charge on any atom is -0.497 e. The lowest BCUT2D eigenvalue weighted by Crippen LogP contribution is -2.46. The van der Waals surface area contributed by atoms with Crippen molar-refractivity contribution < 1.29 is 14.3 Å². The molecular formula is C27H31N3O3. The van der Waals surface area contributed by atoms with Gasteiger partial charge in [0.15, 0.2) is 0 Å². The van der Waals surface area contributed by atoms with Crippen LogP contribution < -0.4 is 4.74 Å². The van der Waals surface area contributed by atoms with Crippen LogP contribution in [0, 0.1) is 0 Å². The number of hydrogen-bond acceptors (Lipinski definition) is 5. The van der Waals surface area contributed by atoms with Crippen molar-refractivity contribution in [3.05, 3.63) is 95.3 Å². The van der Waals surface area contributed by atoms with Crippen molar-refractivity contribution in [3.63, 3.8) is 0 Å². The minimum atomic E-state index is -0.206. The highest BCUT2D eigenvalue weighted by Gasteiger charge is 2.27. The lowest BCUT2D eigenvalue weighted by molar-refractivity contribution is -0.140. The Morgan fingerprint density at radius 2 is 1.88 bits per heavy atom. The molecule has 33 heavy (non-hydrogen) atoms. The lowest BCUT2D eigenvalue weighted by Gasteiger charge is -2.33. The standard InChI is InChI=1S/C27H31N3O3/c1-29(18-22-10-6-12-24(17-22)32-2)20-27(31)30-14-15-33-26(19-30)25-13-7-11-23(28-25)16-21-8-4-3-5-9-21/h3-13,17,26H,14-16,18-20H2,1-2H3. The second-order valence-electron chi connectivity index (χ2n) is 8.44. The average Bonchev–Trinajstić information content (AvgIpc) is 2.85. The third-order valence-corrected chi connectivity index (χ3v) is 5.80. The fourth-order valence-electron chi connectivity index (χ4n) is 4.10. The van der Waals surface area contributed by atoms with Crippen molar-refractivity contribution in [3.8, 4) is 5.75 Å². The Morgan fingerprint density at radius 3 is 2.70 bits per heavy atom. The van der Waals surface area contributed by atoms with E-state index in [0.717, 1.165) is 29.1 Å². The SMILES string of the molecule is COc1cccc(CN(C)CC(=O)N2CCOC(c3cccc(Cc4ccccc4)n3)C2)c1. The van der Waals surface area contributed by atoms with Gasteiger partial charge in [-0.1, -0.05) is 48.5 Å². The summed E-state index contributed by atoms with van der Waals surface area (Å²) in [5.41, 5.74) is 4.22. The van der Waals surface area contributed by atoms with Gasteiger partial charge in [0.25, 0.3) is 0 Å². The van der Waals surface area contributed by atoms with E-state index in [1.165, 1.54) is 5.56 Å². The fourth-order valence-corrected chi connectivity index (χ4v) is 4.10. The zero-order valence-corrected chi connectivity index (χ0v) is 19.3. The topological polar surface area (TPSA) is 54.9 Å². The number of nitrogens with zero attached hydrogens (tertiary/aromatic N) is 3. The molecule has 1 fully saturated rings. The zero-order valence-electron chi connectivity index (χ0n) is 19.3. The summed E-state index contributed by atoms with van der Waals surface area (Å²) in [5, 5.41) is 0. The summed E-state index contributed by atoms with van der Waals surface area (Å²) < 4.78 is 11.3. The molecule has 0 spiro atoms. The van der Waals surface area contributed by atoms with Crippen molar-refractivity contribution >= 4 is 5.91 Å². The Bertz CT molecular complexity index is 1060. The van der Waals surface area contributed by atoms with Crippen LogP contribution in [0.25, 0.3) is 0 Å². The third-order valence-electron chi connectivity index (χ3n) is 5.80. The van der Waals surface area contributed by atoms with Crippen LogP contribution in [0.2, 0.25) is 0 Å². The molecule has 1 aliphatic rings. The molecule has 172 valence electrons. The van der Waals surface area contributed by atoms with Gasteiger partial charge in [-0.3, -0.25) is 14.7 Å². The highest BCUT2D eigenvalue weighted by atomic mass is 16.5. The monoisotopic (exact) mass is 445 g/mol. The van der Waals surface area contributed by atoms with Crippen LogP contribution in [0.1, 0.15) is 28.6 Å². The lowest BCUT2D eigenvalue weighted by atomic mass is 10.1. The summed E-state index contributed by atoms with van der Waals surface area (Å²) in [6.45, 7) is 2.67. The van der Waals surface area contributed by atoms with E-state index in [4.69, 9.17) is 14.5 Å². The number of hydrogen-bond donors (Lipinski definition) is 0. The molecule has 1 atom stereocenters. The van der Waals surface area contributed by atoms with Crippen LogP contribution >= 0.6 is 0 Å². The first-order valence-corrected chi connectivity index (χ1v) is 11.3. The van der Waals surface area contributed by atoms with Crippen LogP contribution in [0.5, 0.6) is 5.75 Å². The molecule has 0 saturated carbocycles. The molecule has 2 heterocycles. The largest absolute Gasteiger partial charge is 0.497 e. The summed E-state index contributed by atoms with van der Waals surface area (Å²) >= 11 is 0. The van der Waals surface area contributed by atoms with Gasteiger partial charge >= 0.3 is 0 Å². The molecule has 4 rings (SSSR count). The van der Waals surface area contributed by atoms with Gasteiger partial charge in [-0.15, -0.1) is 0 Å². The quantitative estimate of drug-likeness (QED) is 0.529. The molecule has 1 amide bonds. The first-order chi connectivity index (χ1) is 16.1. The predicted octanol–water partition coefficient (Wildman–Crippen LogP) is 3.71. The number of carbonyl (C=O) groups excluding carboxylic acids is 1. The maximum atomic E-state index is 13.0. The van der Waals surface area contributed by atoms with E-state index in [2.05, 4.69) is 12.1 Å². The Morgan fingerprint density at radius 1 is 1.09 bits per heavy atom. The number of likely N-dealkylation sites (N-methyl/N-ethyl adjacent to an activating group) is 1. The molecule has 1 saturated heterocycles. The van der Waals surface area contributed by atoms with Gasteiger partial charge in [0.2, 0.25) is 5.91 Å². The van der Waals surface area contributed by atoms with E-state index in [0.29, 0.717) is 32.8 Å². The number of rotatable bonds is 8. The van der Waals surface area contributed by atoms with Crippen LogP contribution in [0.4, 0.5) is 0 Å². The maximum Gasteiger partial charge on any atom is 0.236 e. The summed E-state index contributed by atoms with van der Waals surface area (Å²) in [7, 11) is 3.62. The van der Waals surface area contributed by atoms with Crippen molar-refractivity contribution in [2.75, 3.05) is 40.4 Å². The van der Waals surface area contributed by atoms with Gasteiger partial charge in [-0.05, 0) is 42.4 Å². The normalized spacial score (nSPS) is 16.1. The molecule has 0 aliphatic carbocycles. The van der Waals surface area contributed by atoms with Crippen LogP contribution in [0.15, 0.2) is 72.8 Å². The molecule has 0 N–H and O–H groups in total. The van der Waals surface area contributed by atoms with Crippen molar-refractivity contribution in [2.45, 2.75) is 19.1 Å². The molecule has 0 bridgehead atoms. The Labute approximate surface area is 195 Å². The molecule has 6 heteroatoms. The van der Waals surface area contributed by atoms with Crippen molar-refractivity contribution in [2.24, 2.45) is 0 Å². The first-order valence-electron chi connectivity index (χ1n) is 11.3.